The van der Waals surface area contributed by atoms with E-state index >= 15 is 0 Å². The first-order valence-corrected chi connectivity index (χ1v) is 14.3. The predicted octanol–water partition coefficient (Wildman–Crippen LogP) is 6.16. The van der Waals surface area contributed by atoms with Crippen LogP contribution in [0.4, 0.5) is 5.69 Å². The Bertz CT molecular complexity index is 1930. The molecule has 1 amide bonds. The highest BCUT2D eigenvalue weighted by Crippen LogP contribution is 2.33. The number of carbonyl (C=O) groups excluding carboxylic acids is 1. The SMILES string of the molecule is CC1=C(C(=O)Nc2ccccc2C)[C@@H](c2cccs2)n2c(s/c(=C/c3ccc(-c4ccccc4Cl)o3)c2=O)=N1. The molecular weight excluding hydrogens is 550 g/mol. The van der Waals surface area contributed by atoms with Gasteiger partial charge in [0.2, 0.25) is 0 Å². The number of aromatic nitrogens is 1. The van der Waals surface area contributed by atoms with Crippen LogP contribution in [-0.2, 0) is 4.79 Å². The summed E-state index contributed by atoms with van der Waals surface area (Å²) in [4.78, 5) is 33.6. The molecule has 0 saturated heterocycles. The number of para-hydroxylation sites is 1. The number of allylic oxidation sites excluding steroid dienone is 1. The number of benzene rings is 2. The molecule has 0 unspecified atom stereocenters. The standard InChI is InChI=1S/C30H22ClN3O3S2/c1-17-8-3-6-11-22(17)33-28(35)26-18(2)32-30-34(27(26)24-12-7-15-38-24)29(36)25(39-30)16-19-13-14-23(37-19)20-9-4-5-10-21(20)31/h3-16,27H,1-2H3,(H,33,35)/b25-16+/t27-/m1/s1. The minimum atomic E-state index is -0.595. The van der Waals surface area contributed by atoms with Crippen molar-refractivity contribution in [2.75, 3.05) is 5.32 Å². The third kappa shape index (κ3) is 4.71. The topological polar surface area (TPSA) is 76.6 Å². The number of furan rings is 1. The van der Waals surface area contributed by atoms with E-state index in [2.05, 4.69) is 5.32 Å². The van der Waals surface area contributed by atoms with E-state index in [1.54, 1.807) is 22.8 Å². The maximum atomic E-state index is 13.8. The van der Waals surface area contributed by atoms with E-state index in [0.29, 0.717) is 37.1 Å². The molecule has 0 spiro atoms. The summed E-state index contributed by atoms with van der Waals surface area (Å²) in [5.74, 6) is 0.854. The molecule has 0 aliphatic carbocycles. The summed E-state index contributed by atoms with van der Waals surface area (Å²) >= 11 is 9.10. The summed E-state index contributed by atoms with van der Waals surface area (Å²) < 4.78 is 8.09. The van der Waals surface area contributed by atoms with Gasteiger partial charge in [0, 0.05) is 22.2 Å². The number of hydrogen-bond donors (Lipinski definition) is 1. The first-order chi connectivity index (χ1) is 18.9. The molecule has 6 nitrogen and oxygen atoms in total. The molecule has 4 heterocycles. The smallest absolute Gasteiger partial charge is 0.271 e. The Kier molecular flexibility index (Phi) is 6.68. The van der Waals surface area contributed by atoms with Crippen molar-refractivity contribution >= 4 is 51.9 Å². The molecule has 3 aromatic heterocycles. The molecular formula is C30H22ClN3O3S2. The number of anilines is 1. The fourth-order valence-electron chi connectivity index (χ4n) is 4.60. The molecule has 1 aliphatic heterocycles. The molecule has 1 aliphatic rings. The zero-order valence-electron chi connectivity index (χ0n) is 21.0. The summed E-state index contributed by atoms with van der Waals surface area (Å²) in [6.45, 7) is 3.75. The number of nitrogens with one attached hydrogen (secondary N) is 1. The van der Waals surface area contributed by atoms with Crippen LogP contribution in [0, 0.1) is 6.92 Å². The fourth-order valence-corrected chi connectivity index (χ4v) is 6.68. The van der Waals surface area contributed by atoms with E-state index in [-0.39, 0.29) is 11.5 Å². The van der Waals surface area contributed by atoms with Gasteiger partial charge in [0.05, 0.1) is 20.8 Å². The van der Waals surface area contributed by atoms with Gasteiger partial charge in [0.1, 0.15) is 17.6 Å². The largest absolute Gasteiger partial charge is 0.457 e. The monoisotopic (exact) mass is 571 g/mol. The number of thiophene rings is 1. The van der Waals surface area contributed by atoms with Crippen LogP contribution in [0.1, 0.15) is 29.2 Å². The van der Waals surface area contributed by atoms with Crippen molar-refractivity contribution in [2.45, 2.75) is 19.9 Å². The van der Waals surface area contributed by atoms with E-state index in [1.165, 1.54) is 22.7 Å². The summed E-state index contributed by atoms with van der Waals surface area (Å²) in [5.41, 5.74) is 3.23. The Balaban J connectivity index is 1.43. The Hall–Kier alpha value is -3.98. The number of halogens is 1. The lowest BCUT2D eigenvalue weighted by molar-refractivity contribution is -0.113. The number of fused-ring (bicyclic) bond motifs is 1. The van der Waals surface area contributed by atoms with Gasteiger partial charge < -0.3 is 9.73 Å². The molecule has 2 aromatic carbocycles. The Morgan fingerprint density at radius 3 is 2.62 bits per heavy atom. The molecule has 39 heavy (non-hydrogen) atoms. The lowest BCUT2D eigenvalue weighted by Crippen LogP contribution is -2.40. The van der Waals surface area contributed by atoms with E-state index in [4.69, 9.17) is 21.0 Å². The van der Waals surface area contributed by atoms with Gasteiger partial charge in [-0.05, 0) is 61.2 Å². The number of rotatable bonds is 5. The predicted molar refractivity (Wildman–Crippen MR) is 157 cm³/mol. The highest BCUT2D eigenvalue weighted by molar-refractivity contribution is 7.10. The molecule has 0 saturated carbocycles. The molecule has 9 heteroatoms. The maximum absolute atomic E-state index is 13.8. The molecule has 0 fully saturated rings. The van der Waals surface area contributed by atoms with Crippen molar-refractivity contribution in [3.8, 4) is 11.3 Å². The van der Waals surface area contributed by atoms with Crippen LogP contribution in [0.15, 0.2) is 104 Å². The number of thiazole rings is 1. The van der Waals surface area contributed by atoms with Crippen LogP contribution in [0.3, 0.4) is 0 Å². The van der Waals surface area contributed by atoms with Crippen molar-refractivity contribution < 1.29 is 9.21 Å². The van der Waals surface area contributed by atoms with Crippen molar-refractivity contribution in [3.05, 3.63) is 130 Å². The molecule has 0 radical (unpaired) electrons. The quantitative estimate of drug-likeness (QED) is 0.275. The number of carbonyl (C=O) groups is 1. The van der Waals surface area contributed by atoms with E-state index in [9.17, 15) is 9.59 Å². The van der Waals surface area contributed by atoms with Crippen molar-refractivity contribution in [3.63, 3.8) is 0 Å². The molecule has 1 N–H and O–H groups in total. The van der Waals surface area contributed by atoms with E-state index in [0.717, 1.165) is 21.7 Å². The summed E-state index contributed by atoms with van der Waals surface area (Å²) in [6.07, 6.45) is 1.71. The first-order valence-electron chi connectivity index (χ1n) is 12.2. The Morgan fingerprint density at radius 1 is 1.05 bits per heavy atom. The Labute approximate surface area is 236 Å². The highest BCUT2D eigenvalue weighted by Gasteiger charge is 2.33. The molecule has 5 aromatic rings. The summed E-state index contributed by atoms with van der Waals surface area (Å²) in [7, 11) is 0. The minimum absolute atomic E-state index is 0.235. The maximum Gasteiger partial charge on any atom is 0.271 e. The molecule has 6 rings (SSSR count). The summed E-state index contributed by atoms with van der Waals surface area (Å²) in [5, 5.41) is 5.55. The van der Waals surface area contributed by atoms with Crippen molar-refractivity contribution in [1.29, 1.82) is 0 Å². The zero-order chi connectivity index (χ0) is 27.1. The van der Waals surface area contributed by atoms with E-state index in [1.807, 2.05) is 79.9 Å². The van der Waals surface area contributed by atoms with Crippen LogP contribution in [0.25, 0.3) is 17.4 Å². The van der Waals surface area contributed by atoms with Crippen LogP contribution in [0.5, 0.6) is 0 Å². The van der Waals surface area contributed by atoms with Gasteiger partial charge in [0.15, 0.2) is 4.80 Å². The second kappa shape index (κ2) is 10.3. The van der Waals surface area contributed by atoms with E-state index < -0.39 is 6.04 Å². The van der Waals surface area contributed by atoms with Gasteiger partial charge in [-0.1, -0.05) is 59.3 Å². The Morgan fingerprint density at radius 2 is 1.85 bits per heavy atom. The highest BCUT2D eigenvalue weighted by atomic mass is 35.5. The zero-order valence-corrected chi connectivity index (χ0v) is 23.4. The van der Waals surface area contributed by atoms with Gasteiger partial charge in [0.25, 0.3) is 11.5 Å². The number of nitrogens with zero attached hydrogens (tertiary/aromatic N) is 2. The van der Waals surface area contributed by atoms with Gasteiger partial charge in [-0.3, -0.25) is 14.2 Å². The van der Waals surface area contributed by atoms with Gasteiger partial charge in [-0.2, -0.15) is 0 Å². The van der Waals surface area contributed by atoms with Crippen molar-refractivity contribution in [1.82, 2.24) is 4.57 Å². The minimum Gasteiger partial charge on any atom is -0.457 e. The van der Waals surface area contributed by atoms with Crippen LogP contribution in [-0.4, -0.2) is 10.5 Å². The molecule has 1 atom stereocenters. The van der Waals surface area contributed by atoms with Gasteiger partial charge in [-0.25, -0.2) is 4.99 Å². The number of amides is 1. The van der Waals surface area contributed by atoms with Crippen LogP contribution in [0.2, 0.25) is 5.02 Å². The average Bonchev–Trinajstić information content (AvgIpc) is 3.67. The third-order valence-electron chi connectivity index (χ3n) is 6.51. The van der Waals surface area contributed by atoms with Crippen LogP contribution < -0.4 is 20.2 Å². The molecule has 194 valence electrons. The average molecular weight is 572 g/mol. The second-order valence-corrected chi connectivity index (χ2v) is 11.4. The normalized spacial score (nSPS) is 15.3. The lowest BCUT2D eigenvalue weighted by Gasteiger charge is -2.24. The lowest BCUT2D eigenvalue weighted by atomic mass is 10.0. The number of aryl methyl sites for hydroxylation is 1. The van der Waals surface area contributed by atoms with Crippen molar-refractivity contribution in [2.24, 2.45) is 4.99 Å². The summed E-state index contributed by atoms with van der Waals surface area (Å²) in [6, 6.07) is 21.9. The number of hydrogen-bond acceptors (Lipinski definition) is 6. The first kappa shape index (κ1) is 25.3. The molecule has 0 bridgehead atoms. The second-order valence-electron chi connectivity index (χ2n) is 9.05. The van der Waals surface area contributed by atoms with Gasteiger partial charge >= 0.3 is 0 Å². The fraction of sp³-hybridized carbons (Fsp3) is 0.100. The third-order valence-corrected chi connectivity index (χ3v) is 8.75. The van der Waals surface area contributed by atoms with Gasteiger partial charge in [-0.15, -0.1) is 11.3 Å². The van der Waals surface area contributed by atoms with Crippen LogP contribution >= 0.6 is 34.3 Å².